The third kappa shape index (κ3) is 2.79. The maximum atomic E-state index is 9.28. The third-order valence-corrected chi connectivity index (χ3v) is 3.10. The van der Waals surface area contributed by atoms with Crippen molar-refractivity contribution in [2.24, 2.45) is 0 Å². The fourth-order valence-electron chi connectivity index (χ4n) is 1.34. The minimum absolute atomic E-state index is 0.0518. The number of rotatable bonds is 4. The Morgan fingerprint density at radius 2 is 1.86 bits per heavy atom. The van der Waals surface area contributed by atoms with Gasteiger partial charge in [0, 0.05) is 0 Å². The molecule has 0 fully saturated rings. The summed E-state index contributed by atoms with van der Waals surface area (Å²) in [6.45, 7) is 2.16. The van der Waals surface area contributed by atoms with E-state index in [1.165, 1.54) is 12.8 Å². The van der Waals surface area contributed by atoms with Crippen LogP contribution in [0.5, 0.6) is 5.75 Å². The van der Waals surface area contributed by atoms with Crippen LogP contribution in [0.2, 0.25) is 10.0 Å². The molecular formula is C11H14Cl2O. The zero-order chi connectivity index (χ0) is 10.6. The lowest BCUT2D eigenvalue weighted by molar-refractivity contribution is 0.475. The van der Waals surface area contributed by atoms with E-state index < -0.39 is 0 Å². The highest BCUT2D eigenvalue weighted by Crippen LogP contribution is 2.34. The minimum Gasteiger partial charge on any atom is -0.506 e. The lowest BCUT2D eigenvalue weighted by Gasteiger charge is -2.06. The summed E-state index contributed by atoms with van der Waals surface area (Å²) in [5.41, 5.74) is 1.02. The van der Waals surface area contributed by atoms with Crippen molar-refractivity contribution in [2.75, 3.05) is 0 Å². The molecule has 0 aliphatic heterocycles. The molecule has 0 atom stereocenters. The monoisotopic (exact) mass is 232 g/mol. The highest BCUT2D eigenvalue weighted by molar-refractivity contribution is 6.43. The van der Waals surface area contributed by atoms with Crippen molar-refractivity contribution in [3.05, 3.63) is 27.7 Å². The lowest BCUT2D eigenvalue weighted by Crippen LogP contribution is -1.87. The number of hydrogen-bond donors (Lipinski definition) is 1. The van der Waals surface area contributed by atoms with E-state index in [0.717, 1.165) is 18.4 Å². The second-order valence-corrected chi connectivity index (χ2v) is 4.08. The van der Waals surface area contributed by atoms with Gasteiger partial charge in [0.1, 0.15) is 10.8 Å². The Hall–Kier alpha value is -0.400. The third-order valence-electron chi connectivity index (χ3n) is 2.19. The van der Waals surface area contributed by atoms with Gasteiger partial charge in [0.05, 0.1) is 5.02 Å². The topological polar surface area (TPSA) is 20.2 Å². The zero-order valence-electron chi connectivity index (χ0n) is 8.19. The van der Waals surface area contributed by atoms with Gasteiger partial charge in [0.2, 0.25) is 0 Å². The average Bonchev–Trinajstić information content (AvgIpc) is 2.18. The number of benzene rings is 1. The van der Waals surface area contributed by atoms with Crippen molar-refractivity contribution < 1.29 is 5.11 Å². The Morgan fingerprint density at radius 1 is 1.14 bits per heavy atom. The fourth-order valence-corrected chi connectivity index (χ4v) is 1.78. The van der Waals surface area contributed by atoms with Gasteiger partial charge in [0.25, 0.3) is 0 Å². The summed E-state index contributed by atoms with van der Waals surface area (Å²) in [4.78, 5) is 0. The molecule has 0 spiro atoms. The summed E-state index contributed by atoms with van der Waals surface area (Å²) in [5, 5.41) is 10.0. The van der Waals surface area contributed by atoms with Crippen LogP contribution in [0.3, 0.4) is 0 Å². The zero-order valence-corrected chi connectivity index (χ0v) is 9.70. The maximum absolute atomic E-state index is 9.28. The minimum atomic E-state index is 0.0518. The molecule has 1 N–H and O–H groups in total. The molecule has 0 aromatic heterocycles. The van der Waals surface area contributed by atoms with Gasteiger partial charge in [0.15, 0.2) is 0 Å². The molecule has 0 heterocycles. The first kappa shape index (κ1) is 11.7. The number of hydrogen-bond acceptors (Lipinski definition) is 1. The molecule has 0 bridgehead atoms. The quantitative estimate of drug-likeness (QED) is 0.762. The predicted octanol–water partition coefficient (Wildman–Crippen LogP) is 4.43. The number of phenolic OH excluding ortho intramolecular Hbond substituents is 1. The van der Waals surface area contributed by atoms with Gasteiger partial charge in [-0.2, -0.15) is 0 Å². The molecule has 0 aliphatic rings. The van der Waals surface area contributed by atoms with Crippen LogP contribution in [0.1, 0.15) is 31.7 Å². The summed E-state index contributed by atoms with van der Waals surface area (Å²) in [6.07, 6.45) is 4.41. The van der Waals surface area contributed by atoms with Crippen LogP contribution in [-0.4, -0.2) is 5.11 Å². The molecule has 0 amide bonds. The molecule has 0 saturated carbocycles. The number of phenols is 1. The lowest BCUT2D eigenvalue weighted by atomic mass is 10.1. The van der Waals surface area contributed by atoms with Gasteiger partial charge < -0.3 is 5.11 Å². The van der Waals surface area contributed by atoms with Gasteiger partial charge in [-0.1, -0.05) is 49.0 Å². The molecule has 14 heavy (non-hydrogen) atoms. The number of halogens is 2. The largest absolute Gasteiger partial charge is 0.506 e. The van der Waals surface area contributed by atoms with Crippen molar-refractivity contribution in [1.82, 2.24) is 0 Å². The predicted molar refractivity (Wildman–Crippen MR) is 61.4 cm³/mol. The molecule has 0 radical (unpaired) electrons. The summed E-state index contributed by atoms with van der Waals surface area (Å²) in [7, 11) is 0. The van der Waals surface area contributed by atoms with Gasteiger partial charge in [-0.25, -0.2) is 0 Å². The van der Waals surface area contributed by atoms with Crippen LogP contribution in [0.4, 0.5) is 0 Å². The Bertz CT molecular complexity index is 310. The van der Waals surface area contributed by atoms with E-state index in [1.54, 1.807) is 6.07 Å². The van der Waals surface area contributed by atoms with Crippen LogP contribution >= 0.6 is 23.2 Å². The molecular weight excluding hydrogens is 219 g/mol. The molecule has 1 rings (SSSR count). The number of aromatic hydroxyl groups is 1. The Balaban J connectivity index is 2.73. The van der Waals surface area contributed by atoms with Crippen LogP contribution in [0.25, 0.3) is 0 Å². The SMILES string of the molecule is CCCCCc1ccc(O)c(Cl)c1Cl. The molecule has 78 valence electrons. The number of unbranched alkanes of at least 4 members (excludes halogenated alkanes) is 2. The van der Waals surface area contributed by atoms with Gasteiger partial charge in [-0.05, 0) is 24.5 Å². The highest BCUT2D eigenvalue weighted by Gasteiger charge is 2.08. The normalized spacial score (nSPS) is 10.5. The van der Waals surface area contributed by atoms with Crippen LogP contribution in [-0.2, 0) is 6.42 Å². The second kappa shape index (κ2) is 5.47. The average molecular weight is 233 g/mol. The summed E-state index contributed by atoms with van der Waals surface area (Å²) in [6, 6.07) is 3.43. The van der Waals surface area contributed by atoms with Crippen LogP contribution in [0, 0.1) is 0 Å². The van der Waals surface area contributed by atoms with Crippen molar-refractivity contribution in [2.45, 2.75) is 32.6 Å². The van der Waals surface area contributed by atoms with Crippen molar-refractivity contribution in [1.29, 1.82) is 0 Å². The summed E-state index contributed by atoms with van der Waals surface area (Å²) < 4.78 is 0. The van der Waals surface area contributed by atoms with E-state index in [-0.39, 0.29) is 10.8 Å². The van der Waals surface area contributed by atoms with Crippen LogP contribution in [0.15, 0.2) is 12.1 Å². The van der Waals surface area contributed by atoms with E-state index in [0.29, 0.717) is 5.02 Å². The standard InChI is InChI=1S/C11H14Cl2O/c1-2-3-4-5-8-6-7-9(14)11(13)10(8)12/h6-7,14H,2-5H2,1H3. The molecule has 3 heteroatoms. The second-order valence-electron chi connectivity index (χ2n) is 3.33. The van der Waals surface area contributed by atoms with E-state index >= 15 is 0 Å². The Labute approximate surface area is 94.7 Å². The van der Waals surface area contributed by atoms with Crippen molar-refractivity contribution in [3.8, 4) is 5.75 Å². The first-order chi connectivity index (χ1) is 6.66. The maximum Gasteiger partial charge on any atom is 0.135 e. The van der Waals surface area contributed by atoms with Gasteiger partial charge in [-0.15, -0.1) is 0 Å². The molecule has 1 aromatic carbocycles. The Kier molecular flexibility index (Phi) is 4.56. The van der Waals surface area contributed by atoms with Gasteiger partial charge >= 0.3 is 0 Å². The first-order valence-electron chi connectivity index (χ1n) is 4.82. The highest BCUT2D eigenvalue weighted by atomic mass is 35.5. The molecule has 0 unspecified atom stereocenters. The number of aryl methyl sites for hydroxylation is 1. The van der Waals surface area contributed by atoms with Crippen molar-refractivity contribution >= 4 is 23.2 Å². The smallest absolute Gasteiger partial charge is 0.135 e. The summed E-state index contributed by atoms with van der Waals surface area (Å²) in [5.74, 6) is 0.0518. The fraction of sp³-hybridized carbons (Fsp3) is 0.455. The van der Waals surface area contributed by atoms with Gasteiger partial charge in [-0.3, -0.25) is 0 Å². The Morgan fingerprint density at radius 3 is 2.50 bits per heavy atom. The van der Waals surface area contributed by atoms with E-state index in [2.05, 4.69) is 6.92 Å². The molecule has 0 saturated heterocycles. The summed E-state index contributed by atoms with van der Waals surface area (Å²) >= 11 is 11.8. The van der Waals surface area contributed by atoms with E-state index in [1.807, 2.05) is 6.07 Å². The van der Waals surface area contributed by atoms with E-state index in [4.69, 9.17) is 23.2 Å². The van der Waals surface area contributed by atoms with Crippen LogP contribution < -0.4 is 0 Å². The van der Waals surface area contributed by atoms with E-state index in [9.17, 15) is 5.11 Å². The molecule has 0 aliphatic carbocycles. The van der Waals surface area contributed by atoms with Crippen molar-refractivity contribution in [3.63, 3.8) is 0 Å². The molecule has 1 aromatic rings. The first-order valence-corrected chi connectivity index (χ1v) is 5.58. The molecule has 1 nitrogen and oxygen atoms in total.